The minimum atomic E-state index is -0.347. The summed E-state index contributed by atoms with van der Waals surface area (Å²) in [6, 6.07) is 4.74. The topological polar surface area (TPSA) is 59.1 Å². The third kappa shape index (κ3) is 3.16. The molecule has 0 saturated carbocycles. The third-order valence-electron chi connectivity index (χ3n) is 4.20. The van der Waals surface area contributed by atoms with E-state index in [1.165, 1.54) is 4.90 Å². The zero-order valence-corrected chi connectivity index (χ0v) is 14.1. The highest BCUT2D eigenvalue weighted by molar-refractivity contribution is 7.99. The van der Waals surface area contributed by atoms with Crippen molar-refractivity contribution >= 4 is 29.3 Å². The van der Waals surface area contributed by atoms with E-state index in [1.807, 2.05) is 11.8 Å². The summed E-state index contributed by atoms with van der Waals surface area (Å²) in [6.07, 6.45) is 0.239. The molecular formula is C16H20N2O4S. The van der Waals surface area contributed by atoms with Crippen LogP contribution < -0.4 is 14.4 Å². The van der Waals surface area contributed by atoms with Crippen LogP contribution in [0.4, 0.5) is 5.69 Å². The summed E-state index contributed by atoms with van der Waals surface area (Å²) in [5, 5.41) is 0. The van der Waals surface area contributed by atoms with Crippen LogP contribution in [0.1, 0.15) is 6.42 Å². The molecule has 1 atom stereocenters. The van der Waals surface area contributed by atoms with Gasteiger partial charge in [-0.2, -0.15) is 11.8 Å². The van der Waals surface area contributed by atoms with E-state index >= 15 is 0 Å². The van der Waals surface area contributed by atoms with E-state index in [1.54, 1.807) is 32.4 Å². The van der Waals surface area contributed by atoms with E-state index in [9.17, 15) is 9.59 Å². The highest BCUT2D eigenvalue weighted by Gasteiger charge is 2.43. The number of amides is 2. The summed E-state index contributed by atoms with van der Waals surface area (Å²) >= 11 is 1.88. The van der Waals surface area contributed by atoms with Gasteiger partial charge >= 0.3 is 0 Å². The van der Waals surface area contributed by atoms with Crippen LogP contribution in [0, 0.1) is 0 Å². The second-order valence-corrected chi connectivity index (χ2v) is 6.73. The van der Waals surface area contributed by atoms with Crippen molar-refractivity contribution in [3.63, 3.8) is 0 Å². The molecule has 2 saturated heterocycles. The number of hydrogen-bond donors (Lipinski definition) is 0. The fourth-order valence-corrected chi connectivity index (χ4v) is 3.91. The lowest BCUT2D eigenvalue weighted by Crippen LogP contribution is -2.45. The summed E-state index contributed by atoms with van der Waals surface area (Å²) in [5.41, 5.74) is 0.505. The smallest absolute Gasteiger partial charge is 0.251 e. The molecule has 2 amide bonds. The van der Waals surface area contributed by atoms with Crippen LogP contribution in [0.5, 0.6) is 11.5 Å². The van der Waals surface area contributed by atoms with E-state index in [0.29, 0.717) is 17.2 Å². The normalized spacial score (nSPS) is 22.5. The molecule has 0 spiro atoms. The molecule has 1 aromatic carbocycles. The second kappa shape index (κ2) is 6.80. The van der Waals surface area contributed by atoms with Crippen molar-refractivity contribution in [3.8, 4) is 11.5 Å². The van der Waals surface area contributed by atoms with Crippen molar-refractivity contribution < 1.29 is 19.1 Å². The predicted octanol–water partition coefficient (Wildman–Crippen LogP) is 1.38. The molecule has 7 heteroatoms. The number of methoxy groups -OCH3 is 2. The first-order valence-corrected chi connectivity index (χ1v) is 8.71. The zero-order chi connectivity index (χ0) is 16.4. The van der Waals surface area contributed by atoms with Gasteiger partial charge in [0.25, 0.3) is 5.91 Å². The molecule has 0 unspecified atom stereocenters. The molecule has 0 aromatic heterocycles. The Balaban J connectivity index is 1.87. The van der Waals surface area contributed by atoms with Crippen molar-refractivity contribution in [2.75, 3.05) is 43.7 Å². The lowest BCUT2D eigenvalue weighted by molar-refractivity contribution is -0.122. The largest absolute Gasteiger partial charge is 0.497 e. The maximum Gasteiger partial charge on any atom is 0.251 e. The van der Waals surface area contributed by atoms with Gasteiger partial charge in [-0.15, -0.1) is 0 Å². The lowest BCUT2D eigenvalue weighted by Gasteiger charge is -2.30. The number of anilines is 1. The van der Waals surface area contributed by atoms with Gasteiger partial charge in [0.1, 0.15) is 11.5 Å². The molecule has 124 valence electrons. The molecule has 2 aliphatic heterocycles. The Hall–Kier alpha value is -1.73. The number of carbonyl (C=O) groups is 2. The zero-order valence-electron chi connectivity index (χ0n) is 13.3. The van der Waals surface area contributed by atoms with E-state index in [2.05, 4.69) is 4.90 Å². The van der Waals surface area contributed by atoms with E-state index < -0.39 is 0 Å². The number of carbonyl (C=O) groups excluding carboxylic acids is 2. The molecule has 0 aliphatic carbocycles. The van der Waals surface area contributed by atoms with Gasteiger partial charge in [0.05, 0.1) is 32.4 Å². The summed E-state index contributed by atoms with van der Waals surface area (Å²) in [6.45, 7) is 1.70. The van der Waals surface area contributed by atoms with Crippen molar-refractivity contribution in [2.24, 2.45) is 0 Å². The van der Waals surface area contributed by atoms with E-state index in [4.69, 9.17) is 9.47 Å². The number of thioether (sulfide) groups is 1. The van der Waals surface area contributed by atoms with Gasteiger partial charge in [-0.25, -0.2) is 4.90 Å². The minimum Gasteiger partial charge on any atom is -0.497 e. The highest BCUT2D eigenvalue weighted by Crippen LogP contribution is 2.33. The molecule has 0 N–H and O–H groups in total. The van der Waals surface area contributed by atoms with Crippen LogP contribution in [-0.4, -0.2) is 61.6 Å². The number of benzene rings is 1. The van der Waals surface area contributed by atoms with Crippen LogP contribution in [0.2, 0.25) is 0 Å². The van der Waals surface area contributed by atoms with E-state index in [-0.39, 0.29) is 24.3 Å². The van der Waals surface area contributed by atoms with Gasteiger partial charge < -0.3 is 9.47 Å². The fourth-order valence-electron chi connectivity index (χ4n) is 2.98. The quantitative estimate of drug-likeness (QED) is 0.775. The summed E-state index contributed by atoms with van der Waals surface area (Å²) < 4.78 is 10.5. The Morgan fingerprint density at radius 2 is 1.65 bits per heavy atom. The number of ether oxygens (including phenoxy) is 2. The lowest BCUT2D eigenvalue weighted by atomic mass is 10.2. The van der Waals surface area contributed by atoms with E-state index in [0.717, 1.165) is 24.6 Å². The van der Waals surface area contributed by atoms with Crippen molar-refractivity contribution in [2.45, 2.75) is 12.5 Å². The molecule has 0 bridgehead atoms. The number of imide groups is 1. The van der Waals surface area contributed by atoms with Crippen LogP contribution in [0.3, 0.4) is 0 Å². The first-order valence-electron chi connectivity index (χ1n) is 7.55. The van der Waals surface area contributed by atoms with Crippen molar-refractivity contribution in [1.82, 2.24) is 4.90 Å². The number of hydrogen-bond acceptors (Lipinski definition) is 6. The maximum absolute atomic E-state index is 12.8. The van der Waals surface area contributed by atoms with Crippen molar-refractivity contribution in [1.29, 1.82) is 0 Å². The molecule has 2 fully saturated rings. The van der Waals surface area contributed by atoms with Gasteiger partial charge in [0, 0.05) is 42.8 Å². The maximum atomic E-state index is 12.8. The Kier molecular flexibility index (Phi) is 4.77. The molecule has 2 aliphatic rings. The molecule has 1 aromatic rings. The minimum absolute atomic E-state index is 0.155. The van der Waals surface area contributed by atoms with Gasteiger partial charge in [0.2, 0.25) is 5.91 Å². The average molecular weight is 336 g/mol. The molecule has 2 heterocycles. The third-order valence-corrected chi connectivity index (χ3v) is 5.15. The van der Waals surface area contributed by atoms with Gasteiger partial charge in [-0.1, -0.05) is 0 Å². The van der Waals surface area contributed by atoms with Crippen molar-refractivity contribution in [3.05, 3.63) is 18.2 Å². The number of nitrogens with zero attached hydrogens (tertiary/aromatic N) is 2. The fraction of sp³-hybridized carbons (Fsp3) is 0.500. The summed E-state index contributed by atoms with van der Waals surface area (Å²) in [7, 11) is 3.08. The Labute approximate surface area is 139 Å². The second-order valence-electron chi connectivity index (χ2n) is 5.51. The Morgan fingerprint density at radius 1 is 1.04 bits per heavy atom. The average Bonchev–Trinajstić information content (AvgIpc) is 2.89. The standard InChI is InChI=1S/C16H20N2O4S/c1-21-12-7-11(8-13(9-12)22-2)18-15(19)10-14(16(18)20)17-3-5-23-6-4-17/h7-9,14H,3-6,10H2,1-2H3/t14-/m0/s1. The van der Waals surface area contributed by atoms with Crippen LogP contribution in [0.25, 0.3) is 0 Å². The first-order chi connectivity index (χ1) is 11.1. The Bertz CT molecular complexity index is 594. The molecule has 0 radical (unpaired) electrons. The van der Waals surface area contributed by atoms with Crippen LogP contribution in [0.15, 0.2) is 18.2 Å². The van der Waals surface area contributed by atoms with Crippen LogP contribution in [-0.2, 0) is 9.59 Å². The number of rotatable bonds is 4. The first kappa shape index (κ1) is 16.1. The van der Waals surface area contributed by atoms with Gasteiger partial charge in [-0.05, 0) is 0 Å². The van der Waals surface area contributed by atoms with Crippen LogP contribution >= 0.6 is 11.8 Å². The molecule has 6 nitrogen and oxygen atoms in total. The monoisotopic (exact) mass is 336 g/mol. The molecule has 23 heavy (non-hydrogen) atoms. The SMILES string of the molecule is COc1cc(OC)cc(N2C(=O)C[C@H](N3CCSCC3)C2=O)c1. The molecule has 3 rings (SSSR count). The van der Waals surface area contributed by atoms with Gasteiger partial charge in [-0.3, -0.25) is 14.5 Å². The predicted molar refractivity (Wildman–Crippen MR) is 89.3 cm³/mol. The highest BCUT2D eigenvalue weighted by atomic mass is 32.2. The molecular weight excluding hydrogens is 316 g/mol. The van der Waals surface area contributed by atoms with Gasteiger partial charge in [0.15, 0.2) is 0 Å². The summed E-state index contributed by atoms with van der Waals surface area (Å²) in [5.74, 6) is 2.79. The Morgan fingerprint density at radius 3 is 2.22 bits per heavy atom. The summed E-state index contributed by atoms with van der Waals surface area (Å²) in [4.78, 5) is 28.6.